The fourth-order valence-electron chi connectivity index (χ4n) is 0.478. The summed E-state index contributed by atoms with van der Waals surface area (Å²) in [6, 6.07) is 0. The van der Waals surface area contributed by atoms with Crippen LogP contribution >= 0.6 is 12.4 Å². The zero-order chi connectivity index (χ0) is 6.85. The Morgan fingerprint density at radius 2 is 2.40 bits per heavy atom. The third-order valence-corrected chi connectivity index (χ3v) is 0.906. The van der Waals surface area contributed by atoms with Gasteiger partial charge in [-0.15, -0.1) is 17.5 Å². The van der Waals surface area contributed by atoms with E-state index in [1.54, 1.807) is 0 Å². The van der Waals surface area contributed by atoms with Crippen molar-refractivity contribution in [2.24, 2.45) is 12.8 Å². The van der Waals surface area contributed by atoms with Gasteiger partial charge in [-0.3, -0.25) is 0 Å². The molecule has 0 aliphatic heterocycles. The summed E-state index contributed by atoms with van der Waals surface area (Å²) >= 11 is 0. The van der Waals surface area contributed by atoms with Crippen LogP contribution in [0.25, 0.3) is 0 Å². The van der Waals surface area contributed by atoms with Crippen molar-refractivity contribution in [2.45, 2.75) is 6.54 Å². The van der Waals surface area contributed by atoms with Gasteiger partial charge in [0.25, 0.3) is 0 Å². The zero-order valence-corrected chi connectivity index (χ0v) is 6.22. The monoisotopic (exact) mass is 165 g/mol. The number of rotatable bonds is 1. The molecule has 0 aliphatic carbocycles. The first kappa shape index (κ1) is 9.19. The van der Waals surface area contributed by atoms with Gasteiger partial charge in [0.1, 0.15) is 0 Å². The first-order valence-corrected chi connectivity index (χ1v) is 2.47. The SMILES string of the molecule is Cl.Cn1nc(CN)oc1=O. The summed E-state index contributed by atoms with van der Waals surface area (Å²) in [4.78, 5) is 10.5. The predicted molar refractivity (Wildman–Crippen MR) is 36.9 cm³/mol. The summed E-state index contributed by atoms with van der Waals surface area (Å²) in [5.74, 6) is -0.210. The highest BCUT2D eigenvalue weighted by molar-refractivity contribution is 5.85. The van der Waals surface area contributed by atoms with Crippen LogP contribution in [0.1, 0.15) is 5.89 Å². The number of nitrogens with two attached hydrogens (primary N) is 1. The molecule has 1 heterocycles. The van der Waals surface area contributed by atoms with Gasteiger partial charge < -0.3 is 10.2 Å². The van der Waals surface area contributed by atoms with E-state index in [2.05, 4.69) is 9.52 Å². The minimum atomic E-state index is -0.476. The van der Waals surface area contributed by atoms with E-state index in [-0.39, 0.29) is 24.8 Å². The van der Waals surface area contributed by atoms with Crippen molar-refractivity contribution in [3.63, 3.8) is 0 Å². The Morgan fingerprint density at radius 1 is 1.80 bits per heavy atom. The van der Waals surface area contributed by atoms with Crippen molar-refractivity contribution in [1.29, 1.82) is 0 Å². The molecule has 0 amide bonds. The highest BCUT2D eigenvalue weighted by Gasteiger charge is 1.99. The van der Waals surface area contributed by atoms with E-state index in [1.807, 2.05) is 0 Å². The van der Waals surface area contributed by atoms with Crippen molar-refractivity contribution in [3.8, 4) is 0 Å². The molecule has 0 saturated carbocycles. The molecule has 0 fully saturated rings. The number of aryl methyl sites for hydroxylation is 1. The average molecular weight is 166 g/mol. The predicted octanol–water partition coefficient (Wildman–Crippen LogP) is -0.746. The molecule has 2 N–H and O–H groups in total. The normalized spacial score (nSPS) is 9.00. The summed E-state index contributed by atoms with van der Waals surface area (Å²) in [5.41, 5.74) is 5.12. The molecule has 0 aromatic carbocycles. The number of halogens is 1. The van der Waals surface area contributed by atoms with E-state index in [4.69, 9.17) is 5.73 Å². The molecule has 10 heavy (non-hydrogen) atoms. The van der Waals surface area contributed by atoms with Crippen molar-refractivity contribution in [3.05, 3.63) is 16.4 Å². The average Bonchev–Trinajstić information content (AvgIpc) is 2.13. The fraction of sp³-hybridized carbons (Fsp3) is 0.500. The molecule has 0 radical (unpaired) electrons. The van der Waals surface area contributed by atoms with Crippen LogP contribution in [0.3, 0.4) is 0 Å². The van der Waals surface area contributed by atoms with Gasteiger partial charge in [0.05, 0.1) is 6.54 Å². The second kappa shape index (κ2) is 3.38. The van der Waals surface area contributed by atoms with E-state index in [0.717, 1.165) is 4.68 Å². The second-order valence-corrected chi connectivity index (χ2v) is 1.59. The van der Waals surface area contributed by atoms with Gasteiger partial charge in [-0.05, 0) is 0 Å². The summed E-state index contributed by atoms with van der Waals surface area (Å²) in [6.45, 7) is 0.163. The molecule has 5 nitrogen and oxygen atoms in total. The van der Waals surface area contributed by atoms with Gasteiger partial charge >= 0.3 is 5.76 Å². The van der Waals surface area contributed by atoms with Crippen LogP contribution in [0.15, 0.2) is 9.21 Å². The molecule has 1 rings (SSSR count). The highest BCUT2D eigenvalue weighted by atomic mass is 35.5. The van der Waals surface area contributed by atoms with Crippen LogP contribution in [-0.4, -0.2) is 9.78 Å². The van der Waals surface area contributed by atoms with Crippen molar-refractivity contribution < 1.29 is 4.42 Å². The first-order chi connectivity index (χ1) is 4.24. The topological polar surface area (TPSA) is 74.1 Å². The molecular weight excluding hydrogens is 158 g/mol. The third-order valence-electron chi connectivity index (χ3n) is 0.906. The van der Waals surface area contributed by atoms with Crippen molar-refractivity contribution in [2.75, 3.05) is 0 Å². The van der Waals surface area contributed by atoms with Crippen LogP contribution in [0.5, 0.6) is 0 Å². The first-order valence-electron chi connectivity index (χ1n) is 2.47. The van der Waals surface area contributed by atoms with Gasteiger partial charge in [-0.2, -0.15) is 4.68 Å². The van der Waals surface area contributed by atoms with Crippen LogP contribution in [0.4, 0.5) is 0 Å². The zero-order valence-electron chi connectivity index (χ0n) is 5.40. The van der Waals surface area contributed by atoms with Gasteiger partial charge in [0.2, 0.25) is 5.89 Å². The molecule has 0 saturated heterocycles. The summed E-state index contributed by atoms with van der Waals surface area (Å²) in [5, 5.41) is 3.64. The number of hydrogen-bond acceptors (Lipinski definition) is 4. The van der Waals surface area contributed by atoms with Gasteiger partial charge in [-0.25, -0.2) is 4.79 Å². The summed E-state index contributed by atoms with van der Waals surface area (Å²) in [7, 11) is 1.50. The maximum absolute atomic E-state index is 10.5. The Labute approximate surface area is 63.2 Å². The molecule has 0 unspecified atom stereocenters. The van der Waals surface area contributed by atoms with E-state index in [0.29, 0.717) is 0 Å². The maximum Gasteiger partial charge on any atom is 0.436 e. The number of nitrogens with zero attached hydrogens (tertiary/aromatic N) is 2. The Morgan fingerprint density at radius 3 is 2.60 bits per heavy atom. The summed E-state index contributed by atoms with van der Waals surface area (Å²) < 4.78 is 5.63. The fourth-order valence-corrected chi connectivity index (χ4v) is 0.478. The Kier molecular flexibility index (Phi) is 3.11. The molecule has 0 spiro atoms. The standard InChI is InChI=1S/C4H7N3O2.ClH/c1-7-4(8)9-3(2-5)6-7;/h2,5H2,1H3;1H. The molecule has 1 aromatic heterocycles. The van der Waals surface area contributed by atoms with E-state index in [1.165, 1.54) is 7.05 Å². The van der Waals surface area contributed by atoms with Crippen LogP contribution in [-0.2, 0) is 13.6 Å². The van der Waals surface area contributed by atoms with Gasteiger partial charge in [-0.1, -0.05) is 0 Å². The van der Waals surface area contributed by atoms with E-state index in [9.17, 15) is 4.79 Å². The maximum atomic E-state index is 10.5. The van der Waals surface area contributed by atoms with Crippen molar-refractivity contribution >= 4 is 12.4 Å². The molecule has 0 atom stereocenters. The third kappa shape index (κ3) is 1.58. The molecule has 0 aliphatic rings. The Bertz CT molecular complexity index is 253. The highest BCUT2D eigenvalue weighted by Crippen LogP contribution is 1.83. The molecule has 58 valence electrons. The second-order valence-electron chi connectivity index (χ2n) is 1.59. The van der Waals surface area contributed by atoms with Crippen LogP contribution < -0.4 is 11.5 Å². The Balaban J connectivity index is 0.000000810. The largest absolute Gasteiger partial charge is 0.436 e. The van der Waals surface area contributed by atoms with Gasteiger partial charge in [0.15, 0.2) is 0 Å². The molecule has 0 bridgehead atoms. The van der Waals surface area contributed by atoms with Crippen molar-refractivity contribution in [1.82, 2.24) is 9.78 Å². The van der Waals surface area contributed by atoms with Gasteiger partial charge in [0, 0.05) is 7.05 Å². The van der Waals surface area contributed by atoms with Crippen LogP contribution in [0, 0.1) is 0 Å². The lowest BCUT2D eigenvalue weighted by molar-refractivity contribution is 0.455. The lowest BCUT2D eigenvalue weighted by Gasteiger charge is -1.78. The van der Waals surface area contributed by atoms with E-state index >= 15 is 0 Å². The minimum absolute atomic E-state index is 0. The smallest absolute Gasteiger partial charge is 0.391 e. The molecule has 6 heteroatoms. The quantitative estimate of drug-likeness (QED) is 0.595. The Hall–Kier alpha value is -0.810. The minimum Gasteiger partial charge on any atom is -0.391 e. The number of hydrogen-bond donors (Lipinski definition) is 1. The molecule has 1 aromatic rings. The summed E-state index contributed by atoms with van der Waals surface area (Å²) in [6.07, 6.45) is 0. The van der Waals surface area contributed by atoms with E-state index < -0.39 is 5.76 Å². The lowest BCUT2D eigenvalue weighted by Crippen LogP contribution is -2.09. The van der Waals surface area contributed by atoms with Crippen LogP contribution in [0.2, 0.25) is 0 Å². The number of aromatic nitrogens is 2. The molecular formula is C4H8ClN3O2. The lowest BCUT2D eigenvalue weighted by atomic mass is 10.7.